The molecule has 1 heterocycles. The van der Waals surface area contributed by atoms with E-state index in [1.165, 1.54) is 11.1 Å². The van der Waals surface area contributed by atoms with Crippen molar-refractivity contribution >= 4 is 0 Å². The monoisotopic (exact) mass is 243 g/mol. The Morgan fingerprint density at radius 1 is 1.11 bits per heavy atom. The number of imidazole rings is 1. The second-order valence-corrected chi connectivity index (χ2v) is 4.92. The number of hydrogen-bond acceptors (Lipinski definition) is 2. The van der Waals surface area contributed by atoms with E-state index in [4.69, 9.17) is 0 Å². The molecular weight excluding hydrogens is 222 g/mol. The largest absolute Gasteiger partial charge is 0.337 e. The van der Waals surface area contributed by atoms with Gasteiger partial charge in [0.15, 0.2) is 0 Å². The Kier molecular flexibility index (Phi) is 3.82. The maximum absolute atomic E-state index is 4.38. The van der Waals surface area contributed by atoms with E-state index < -0.39 is 0 Å². The van der Waals surface area contributed by atoms with E-state index in [-0.39, 0.29) is 6.04 Å². The minimum Gasteiger partial charge on any atom is -0.337 e. The van der Waals surface area contributed by atoms with Crippen molar-refractivity contribution in [1.29, 1.82) is 0 Å². The summed E-state index contributed by atoms with van der Waals surface area (Å²) in [6.07, 6.45) is 3.81. The highest BCUT2D eigenvalue weighted by Gasteiger charge is 2.13. The van der Waals surface area contributed by atoms with Crippen LogP contribution in [0.25, 0.3) is 0 Å². The number of nitrogens with zero attached hydrogens (tertiary/aromatic N) is 2. The van der Waals surface area contributed by atoms with Crippen molar-refractivity contribution in [3.63, 3.8) is 0 Å². The van der Waals surface area contributed by atoms with Crippen molar-refractivity contribution in [3.05, 3.63) is 53.6 Å². The summed E-state index contributed by atoms with van der Waals surface area (Å²) < 4.78 is 2.06. The molecule has 96 valence electrons. The molecule has 1 N–H and O–H groups in total. The van der Waals surface area contributed by atoms with Gasteiger partial charge in [0.25, 0.3) is 0 Å². The number of benzene rings is 1. The van der Waals surface area contributed by atoms with E-state index in [0.29, 0.717) is 6.04 Å². The van der Waals surface area contributed by atoms with Gasteiger partial charge in [-0.3, -0.25) is 0 Å². The van der Waals surface area contributed by atoms with Gasteiger partial charge in [-0.2, -0.15) is 0 Å². The predicted octanol–water partition coefficient (Wildman–Crippen LogP) is 3.14. The van der Waals surface area contributed by atoms with Crippen LogP contribution in [0.5, 0.6) is 0 Å². The lowest BCUT2D eigenvalue weighted by Gasteiger charge is -2.20. The van der Waals surface area contributed by atoms with Crippen LogP contribution in [-0.2, 0) is 7.05 Å². The molecule has 0 saturated heterocycles. The summed E-state index contributed by atoms with van der Waals surface area (Å²) in [6, 6.07) is 9.22. The molecule has 1 unspecified atom stereocenters. The topological polar surface area (TPSA) is 29.9 Å². The summed E-state index contributed by atoms with van der Waals surface area (Å²) in [5, 5.41) is 3.58. The highest BCUT2D eigenvalue weighted by atomic mass is 15.1. The third kappa shape index (κ3) is 2.79. The fraction of sp³-hybridized carbons (Fsp3) is 0.400. The van der Waals surface area contributed by atoms with Gasteiger partial charge in [-0.15, -0.1) is 0 Å². The lowest BCUT2D eigenvalue weighted by molar-refractivity contribution is 0.467. The third-order valence-corrected chi connectivity index (χ3v) is 3.32. The Balaban J connectivity index is 2.05. The van der Waals surface area contributed by atoms with E-state index in [1.807, 2.05) is 19.4 Å². The van der Waals surface area contributed by atoms with Crippen LogP contribution in [0.15, 0.2) is 36.7 Å². The number of rotatable bonds is 4. The average molecular weight is 243 g/mol. The second kappa shape index (κ2) is 5.36. The Bertz CT molecular complexity index is 499. The molecule has 0 radical (unpaired) electrons. The minimum atomic E-state index is 0.237. The molecule has 0 aliphatic heterocycles. The van der Waals surface area contributed by atoms with Gasteiger partial charge in [0.1, 0.15) is 5.82 Å². The molecule has 18 heavy (non-hydrogen) atoms. The molecule has 0 aliphatic carbocycles. The number of aryl methyl sites for hydroxylation is 2. The molecule has 1 aromatic heterocycles. The van der Waals surface area contributed by atoms with Gasteiger partial charge in [-0.05, 0) is 26.3 Å². The van der Waals surface area contributed by atoms with Gasteiger partial charge >= 0.3 is 0 Å². The molecule has 1 aromatic carbocycles. The molecule has 0 spiro atoms. The fourth-order valence-corrected chi connectivity index (χ4v) is 2.20. The summed E-state index contributed by atoms with van der Waals surface area (Å²) >= 11 is 0. The molecule has 2 aromatic rings. The Hall–Kier alpha value is -1.61. The van der Waals surface area contributed by atoms with Crippen molar-refractivity contribution in [2.24, 2.45) is 7.05 Å². The first kappa shape index (κ1) is 12.8. The van der Waals surface area contributed by atoms with Crippen LogP contribution >= 0.6 is 0 Å². The van der Waals surface area contributed by atoms with E-state index in [2.05, 4.69) is 59.9 Å². The van der Waals surface area contributed by atoms with Crippen molar-refractivity contribution in [2.75, 3.05) is 0 Å². The number of hydrogen-bond donors (Lipinski definition) is 1. The first-order valence-corrected chi connectivity index (χ1v) is 6.37. The van der Waals surface area contributed by atoms with Crippen LogP contribution in [0.2, 0.25) is 0 Å². The highest BCUT2D eigenvalue weighted by Crippen LogP contribution is 2.18. The van der Waals surface area contributed by atoms with E-state index in [9.17, 15) is 0 Å². The lowest BCUT2D eigenvalue weighted by atomic mass is 10.1. The van der Waals surface area contributed by atoms with Gasteiger partial charge in [-0.25, -0.2) is 4.98 Å². The maximum atomic E-state index is 4.38. The minimum absolute atomic E-state index is 0.237. The predicted molar refractivity (Wildman–Crippen MR) is 74.4 cm³/mol. The fourth-order valence-electron chi connectivity index (χ4n) is 2.20. The van der Waals surface area contributed by atoms with Crippen molar-refractivity contribution in [3.8, 4) is 0 Å². The summed E-state index contributed by atoms with van der Waals surface area (Å²) in [5.74, 6) is 1.06. The van der Waals surface area contributed by atoms with Crippen LogP contribution in [0.1, 0.15) is 42.9 Å². The van der Waals surface area contributed by atoms with Gasteiger partial charge < -0.3 is 9.88 Å². The molecule has 2 rings (SSSR count). The summed E-state index contributed by atoms with van der Waals surface area (Å²) in [6.45, 7) is 6.44. The molecule has 0 aliphatic rings. The van der Waals surface area contributed by atoms with Crippen LogP contribution in [0.4, 0.5) is 0 Å². The van der Waals surface area contributed by atoms with Gasteiger partial charge in [-0.1, -0.05) is 29.8 Å². The van der Waals surface area contributed by atoms with E-state index >= 15 is 0 Å². The van der Waals surface area contributed by atoms with Gasteiger partial charge in [0.2, 0.25) is 0 Å². The van der Waals surface area contributed by atoms with Crippen LogP contribution in [0.3, 0.4) is 0 Å². The first-order valence-electron chi connectivity index (χ1n) is 6.37. The smallest absolute Gasteiger partial charge is 0.125 e. The molecule has 0 bridgehead atoms. The summed E-state index contributed by atoms with van der Waals surface area (Å²) in [7, 11) is 2.02. The molecule has 3 nitrogen and oxygen atoms in total. The van der Waals surface area contributed by atoms with Crippen LogP contribution in [-0.4, -0.2) is 9.55 Å². The molecule has 3 heteroatoms. The normalized spacial score (nSPS) is 14.4. The molecule has 2 atom stereocenters. The van der Waals surface area contributed by atoms with Crippen molar-refractivity contribution in [2.45, 2.75) is 32.9 Å². The second-order valence-electron chi connectivity index (χ2n) is 4.92. The summed E-state index contributed by atoms with van der Waals surface area (Å²) in [4.78, 5) is 4.38. The van der Waals surface area contributed by atoms with E-state index in [1.54, 1.807) is 0 Å². The zero-order valence-corrected chi connectivity index (χ0v) is 11.5. The standard InChI is InChI=1S/C15H21N3/c1-11-5-7-14(8-6-11)12(2)17-13(3)15-16-9-10-18(15)4/h5-10,12-13,17H,1-4H3/t12-,13?/m0/s1. The van der Waals surface area contributed by atoms with Crippen molar-refractivity contribution in [1.82, 2.24) is 14.9 Å². The summed E-state index contributed by atoms with van der Waals surface area (Å²) in [5.41, 5.74) is 2.60. The quantitative estimate of drug-likeness (QED) is 0.894. The Labute approximate surface area is 109 Å². The zero-order valence-electron chi connectivity index (χ0n) is 11.5. The van der Waals surface area contributed by atoms with Gasteiger partial charge in [0.05, 0.1) is 6.04 Å². The van der Waals surface area contributed by atoms with Crippen LogP contribution in [0, 0.1) is 6.92 Å². The number of nitrogens with one attached hydrogen (secondary N) is 1. The number of aromatic nitrogens is 2. The molecule has 0 amide bonds. The third-order valence-electron chi connectivity index (χ3n) is 3.32. The SMILES string of the molecule is Cc1ccc([C@H](C)NC(C)c2nccn2C)cc1. The molecule has 0 saturated carbocycles. The van der Waals surface area contributed by atoms with Gasteiger partial charge in [0, 0.05) is 25.5 Å². The highest BCUT2D eigenvalue weighted by molar-refractivity contribution is 5.23. The van der Waals surface area contributed by atoms with Crippen molar-refractivity contribution < 1.29 is 0 Å². The zero-order chi connectivity index (χ0) is 13.1. The first-order chi connectivity index (χ1) is 8.58. The lowest BCUT2D eigenvalue weighted by Crippen LogP contribution is -2.24. The Morgan fingerprint density at radius 2 is 1.78 bits per heavy atom. The Morgan fingerprint density at radius 3 is 2.33 bits per heavy atom. The molecular formula is C15H21N3. The average Bonchev–Trinajstić information content (AvgIpc) is 2.76. The van der Waals surface area contributed by atoms with Crippen LogP contribution < -0.4 is 5.32 Å². The maximum Gasteiger partial charge on any atom is 0.125 e. The molecule has 0 fully saturated rings. The van der Waals surface area contributed by atoms with E-state index in [0.717, 1.165) is 5.82 Å².